The first-order valence-electron chi connectivity index (χ1n) is 8.73. The van der Waals surface area contributed by atoms with Gasteiger partial charge in [-0.3, -0.25) is 4.79 Å². The summed E-state index contributed by atoms with van der Waals surface area (Å²) in [5.74, 6) is 0.286. The van der Waals surface area contributed by atoms with Gasteiger partial charge in [-0.15, -0.1) is 0 Å². The Balaban J connectivity index is 1.60. The molecule has 0 radical (unpaired) electrons. The van der Waals surface area contributed by atoms with Crippen LogP contribution >= 0.6 is 11.6 Å². The van der Waals surface area contributed by atoms with Crippen LogP contribution in [0.3, 0.4) is 0 Å². The number of amides is 1. The van der Waals surface area contributed by atoms with Gasteiger partial charge in [0.1, 0.15) is 11.9 Å². The average molecular weight is 420 g/mol. The molecule has 2 N–H and O–H groups in total. The molecule has 3 aromatic rings. The fourth-order valence-corrected chi connectivity index (χ4v) is 4.01. The molecule has 2 aromatic carbocycles. The zero-order valence-electron chi connectivity index (χ0n) is 15.0. The Morgan fingerprint density at radius 1 is 1.29 bits per heavy atom. The summed E-state index contributed by atoms with van der Waals surface area (Å²) >= 11 is 6.09. The SMILES string of the molecule is CS(=O)(=O)c1ccc(Cl)c(C(=O)Nc2ccc3nc(C4CCCO4)[nH]c3c2)c1. The van der Waals surface area contributed by atoms with Crippen LogP contribution < -0.4 is 5.32 Å². The highest BCUT2D eigenvalue weighted by molar-refractivity contribution is 7.90. The number of benzene rings is 2. The molecule has 1 aliphatic rings. The largest absolute Gasteiger partial charge is 0.370 e. The molecule has 7 nitrogen and oxygen atoms in total. The molecule has 0 bridgehead atoms. The van der Waals surface area contributed by atoms with E-state index in [1.165, 1.54) is 18.2 Å². The van der Waals surface area contributed by atoms with Crippen molar-refractivity contribution < 1.29 is 17.9 Å². The van der Waals surface area contributed by atoms with Gasteiger partial charge >= 0.3 is 0 Å². The molecule has 1 fully saturated rings. The van der Waals surface area contributed by atoms with E-state index >= 15 is 0 Å². The first kappa shape index (κ1) is 18.9. The van der Waals surface area contributed by atoms with E-state index in [-0.39, 0.29) is 21.6 Å². The Labute approximate surface area is 167 Å². The number of hydrogen-bond donors (Lipinski definition) is 2. The summed E-state index contributed by atoms with van der Waals surface area (Å²) in [5, 5.41) is 2.93. The third-order valence-electron chi connectivity index (χ3n) is 4.60. The number of anilines is 1. The molecular weight excluding hydrogens is 402 g/mol. The number of ether oxygens (including phenoxy) is 1. The van der Waals surface area contributed by atoms with Crippen LogP contribution in [0.15, 0.2) is 41.3 Å². The number of halogens is 1. The second kappa shape index (κ2) is 7.20. The fourth-order valence-electron chi connectivity index (χ4n) is 3.16. The van der Waals surface area contributed by atoms with E-state index < -0.39 is 15.7 Å². The van der Waals surface area contributed by atoms with E-state index in [2.05, 4.69) is 15.3 Å². The minimum absolute atomic E-state index is 0.0250. The normalized spacial score (nSPS) is 17.1. The lowest BCUT2D eigenvalue weighted by molar-refractivity contribution is 0.102. The molecule has 0 saturated carbocycles. The molecule has 1 atom stereocenters. The number of carbonyl (C=O) groups is 1. The number of imidazole rings is 1. The smallest absolute Gasteiger partial charge is 0.257 e. The van der Waals surface area contributed by atoms with Gasteiger partial charge in [-0.05, 0) is 49.2 Å². The van der Waals surface area contributed by atoms with Gasteiger partial charge in [-0.2, -0.15) is 0 Å². The second-order valence-corrected chi connectivity index (χ2v) is 9.15. The molecule has 1 aliphatic heterocycles. The first-order valence-corrected chi connectivity index (χ1v) is 11.0. The van der Waals surface area contributed by atoms with Crippen molar-refractivity contribution in [2.75, 3.05) is 18.2 Å². The number of H-pyrrole nitrogens is 1. The number of aromatic nitrogens is 2. The van der Waals surface area contributed by atoms with Gasteiger partial charge < -0.3 is 15.0 Å². The molecule has 1 aromatic heterocycles. The van der Waals surface area contributed by atoms with Crippen LogP contribution in [-0.2, 0) is 14.6 Å². The van der Waals surface area contributed by atoms with E-state index in [0.717, 1.165) is 42.6 Å². The number of nitrogens with one attached hydrogen (secondary N) is 2. The maximum absolute atomic E-state index is 12.6. The molecule has 4 rings (SSSR count). The second-order valence-electron chi connectivity index (χ2n) is 6.72. The lowest BCUT2D eigenvalue weighted by atomic mass is 10.2. The molecule has 146 valence electrons. The Kier molecular flexibility index (Phi) is 4.86. The van der Waals surface area contributed by atoms with Crippen LogP contribution in [0, 0.1) is 0 Å². The lowest BCUT2D eigenvalue weighted by Crippen LogP contribution is -2.13. The van der Waals surface area contributed by atoms with E-state index in [0.29, 0.717) is 5.69 Å². The van der Waals surface area contributed by atoms with Crippen LogP contribution in [0.2, 0.25) is 5.02 Å². The molecular formula is C19H18ClN3O4S. The van der Waals surface area contributed by atoms with E-state index in [4.69, 9.17) is 16.3 Å². The number of aromatic amines is 1. The van der Waals surface area contributed by atoms with Crippen molar-refractivity contribution >= 4 is 44.1 Å². The van der Waals surface area contributed by atoms with Gasteiger partial charge in [0.15, 0.2) is 9.84 Å². The number of fused-ring (bicyclic) bond motifs is 1. The van der Waals surface area contributed by atoms with Gasteiger partial charge in [-0.25, -0.2) is 13.4 Å². The number of rotatable bonds is 4. The van der Waals surface area contributed by atoms with E-state index in [1.807, 2.05) is 0 Å². The topological polar surface area (TPSA) is 101 Å². The quantitative estimate of drug-likeness (QED) is 0.671. The van der Waals surface area contributed by atoms with Crippen molar-refractivity contribution in [1.29, 1.82) is 0 Å². The molecule has 0 spiro atoms. The number of sulfone groups is 1. The molecule has 1 saturated heterocycles. The molecule has 9 heteroatoms. The van der Waals surface area contributed by atoms with Crippen molar-refractivity contribution in [3.05, 3.63) is 52.8 Å². The zero-order chi connectivity index (χ0) is 19.9. The number of nitrogens with zero attached hydrogens (tertiary/aromatic N) is 1. The molecule has 0 aliphatic carbocycles. The molecule has 1 unspecified atom stereocenters. The maximum atomic E-state index is 12.6. The first-order chi connectivity index (χ1) is 13.3. The summed E-state index contributed by atoms with van der Waals surface area (Å²) in [6, 6.07) is 9.35. The minimum atomic E-state index is -3.45. The molecule has 1 amide bonds. The van der Waals surface area contributed by atoms with Crippen molar-refractivity contribution in [3.8, 4) is 0 Å². The van der Waals surface area contributed by atoms with Crippen molar-refractivity contribution in [2.24, 2.45) is 0 Å². The fraction of sp³-hybridized carbons (Fsp3) is 0.263. The molecule has 28 heavy (non-hydrogen) atoms. The average Bonchev–Trinajstić information content (AvgIpc) is 3.30. The Morgan fingerprint density at radius 3 is 2.82 bits per heavy atom. The number of carbonyl (C=O) groups excluding carboxylic acids is 1. The van der Waals surface area contributed by atoms with Crippen LogP contribution in [0.5, 0.6) is 0 Å². The Hall–Kier alpha value is -2.42. The minimum Gasteiger partial charge on any atom is -0.370 e. The predicted octanol–water partition coefficient (Wildman–Crippen LogP) is 3.72. The summed E-state index contributed by atoms with van der Waals surface area (Å²) in [4.78, 5) is 20.4. The lowest BCUT2D eigenvalue weighted by Gasteiger charge is -2.08. The van der Waals surface area contributed by atoms with Gasteiger partial charge in [0.25, 0.3) is 5.91 Å². The third kappa shape index (κ3) is 3.76. The van der Waals surface area contributed by atoms with Gasteiger partial charge in [0.2, 0.25) is 0 Å². The highest BCUT2D eigenvalue weighted by atomic mass is 35.5. The summed E-state index contributed by atoms with van der Waals surface area (Å²) in [6.07, 6.45) is 2.99. The Morgan fingerprint density at radius 2 is 2.11 bits per heavy atom. The zero-order valence-corrected chi connectivity index (χ0v) is 16.6. The van der Waals surface area contributed by atoms with Crippen molar-refractivity contribution in [3.63, 3.8) is 0 Å². The van der Waals surface area contributed by atoms with Crippen molar-refractivity contribution in [2.45, 2.75) is 23.8 Å². The maximum Gasteiger partial charge on any atom is 0.257 e. The monoisotopic (exact) mass is 419 g/mol. The van der Waals surface area contributed by atoms with Gasteiger partial charge in [-0.1, -0.05) is 11.6 Å². The summed E-state index contributed by atoms with van der Waals surface area (Å²) in [6.45, 7) is 0.732. The third-order valence-corrected chi connectivity index (χ3v) is 6.04. The standard InChI is InChI=1S/C19H18ClN3O4S/c1-28(25,26)12-5-6-14(20)13(10-12)19(24)21-11-4-7-15-16(9-11)23-18(22-15)17-3-2-8-27-17/h4-7,9-10,17H,2-3,8H2,1H3,(H,21,24)(H,22,23). The molecule has 2 heterocycles. The summed E-state index contributed by atoms with van der Waals surface area (Å²) in [5.41, 5.74) is 2.19. The van der Waals surface area contributed by atoms with Crippen LogP contribution in [0.25, 0.3) is 11.0 Å². The van der Waals surface area contributed by atoms with Crippen molar-refractivity contribution in [1.82, 2.24) is 9.97 Å². The van der Waals surface area contributed by atoms with Crippen LogP contribution in [-0.4, -0.2) is 37.2 Å². The van der Waals surface area contributed by atoms with Crippen LogP contribution in [0.1, 0.15) is 35.1 Å². The Bertz CT molecular complexity index is 1170. The predicted molar refractivity (Wildman–Crippen MR) is 107 cm³/mol. The summed E-state index contributed by atoms with van der Waals surface area (Å²) in [7, 11) is -3.45. The highest BCUT2D eigenvalue weighted by Gasteiger charge is 2.21. The van der Waals surface area contributed by atoms with Crippen LogP contribution in [0.4, 0.5) is 5.69 Å². The van der Waals surface area contributed by atoms with E-state index in [9.17, 15) is 13.2 Å². The van der Waals surface area contributed by atoms with Gasteiger partial charge in [0, 0.05) is 18.6 Å². The van der Waals surface area contributed by atoms with E-state index in [1.54, 1.807) is 18.2 Å². The highest BCUT2D eigenvalue weighted by Crippen LogP contribution is 2.29. The summed E-state index contributed by atoms with van der Waals surface area (Å²) < 4.78 is 29.1. The number of hydrogen-bond acceptors (Lipinski definition) is 5. The van der Waals surface area contributed by atoms with Gasteiger partial charge in [0.05, 0.1) is 26.5 Å².